The van der Waals surface area contributed by atoms with Gasteiger partial charge in [0.15, 0.2) is 5.82 Å². The number of carbonyl (C=O) groups is 1. The van der Waals surface area contributed by atoms with Crippen molar-refractivity contribution < 1.29 is 31.1 Å². The first-order chi connectivity index (χ1) is 17.3. The molecule has 1 heterocycles. The molecular formula is C22H18ClF6N5O3. The number of nitrogens with zero attached hydrogens (tertiary/aromatic N) is 4. The van der Waals surface area contributed by atoms with Crippen molar-refractivity contribution >= 4 is 17.5 Å². The van der Waals surface area contributed by atoms with Gasteiger partial charge in [-0.05, 0) is 35.9 Å². The lowest BCUT2D eigenvalue weighted by atomic mass is 9.99. The van der Waals surface area contributed by atoms with Crippen molar-refractivity contribution in [1.29, 1.82) is 0 Å². The Morgan fingerprint density at radius 3 is 2.30 bits per heavy atom. The lowest BCUT2D eigenvalue weighted by Gasteiger charge is -2.20. The number of nitrogens with one attached hydrogen (secondary N) is 1. The highest BCUT2D eigenvalue weighted by Crippen LogP contribution is 2.34. The minimum atomic E-state index is -4.79. The van der Waals surface area contributed by atoms with Crippen LogP contribution in [-0.4, -0.2) is 33.0 Å². The Morgan fingerprint density at radius 2 is 1.70 bits per heavy atom. The van der Waals surface area contributed by atoms with Crippen molar-refractivity contribution in [2.24, 2.45) is 5.18 Å². The Kier molecular flexibility index (Phi) is 8.41. The van der Waals surface area contributed by atoms with E-state index in [4.69, 9.17) is 11.6 Å². The highest BCUT2D eigenvalue weighted by Gasteiger charge is 2.35. The number of alkyl halides is 6. The third-order valence-electron chi connectivity index (χ3n) is 5.17. The predicted molar refractivity (Wildman–Crippen MR) is 121 cm³/mol. The van der Waals surface area contributed by atoms with Gasteiger partial charge in [0.1, 0.15) is 13.1 Å². The standard InChI is InChI=1S/C22H18ClF6N5O3/c23-14-7-5-13(6-8-14)19-32-34(20(36)33(19)10-9-21(24,25)26)12-18(35)31-17(11-30-37)15-3-1-2-4-16(15)22(27,28)29/h1-8,17H,9-12H2,(H,31,35). The van der Waals surface area contributed by atoms with E-state index in [1.54, 1.807) is 0 Å². The van der Waals surface area contributed by atoms with Crippen molar-refractivity contribution in [2.45, 2.75) is 37.9 Å². The fraction of sp³-hybridized carbons (Fsp3) is 0.318. The van der Waals surface area contributed by atoms with Crippen LogP contribution in [0.1, 0.15) is 23.6 Å². The fourth-order valence-electron chi connectivity index (χ4n) is 3.53. The third-order valence-corrected chi connectivity index (χ3v) is 5.42. The molecule has 1 aromatic heterocycles. The van der Waals surface area contributed by atoms with E-state index in [0.29, 0.717) is 9.70 Å². The zero-order valence-electron chi connectivity index (χ0n) is 18.7. The summed E-state index contributed by atoms with van der Waals surface area (Å²) in [5, 5.41) is 9.09. The summed E-state index contributed by atoms with van der Waals surface area (Å²) >= 11 is 5.83. The summed E-state index contributed by atoms with van der Waals surface area (Å²) in [4.78, 5) is 36.4. The maximum absolute atomic E-state index is 13.4. The van der Waals surface area contributed by atoms with E-state index in [1.165, 1.54) is 30.3 Å². The lowest BCUT2D eigenvalue weighted by Crippen LogP contribution is -2.37. The quantitative estimate of drug-likeness (QED) is 0.301. The molecule has 15 heteroatoms. The molecule has 1 unspecified atom stereocenters. The monoisotopic (exact) mass is 549 g/mol. The summed E-state index contributed by atoms with van der Waals surface area (Å²) in [6, 6.07) is 8.44. The molecule has 1 amide bonds. The number of rotatable bonds is 9. The van der Waals surface area contributed by atoms with Crippen molar-refractivity contribution in [1.82, 2.24) is 19.7 Å². The molecule has 1 N–H and O–H groups in total. The van der Waals surface area contributed by atoms with Gasteiger partial charge in [-0.15, -0.1) is 5.10 Å². The summed E-state index contributed by atoms with van der Waals surface area (Å²) < 4.78 is 80.0. The van der Waals surface area contributed by atoms with Crippen LogP contribution in [0.25, 0.3) is 11.4 Å². The third kappa shape index (κ3) is 7.18. The van der Waals surface area contributed by atoms with Crippen LogP contribution >= 0.6 is 11.6 Å². The van der Waals surface area contributed by atoms with Crippen LogP contribution in [-0.2, 0) is 24.1 Å². The van der Waals surface area contributed by atoms with E-state index in [2.05, 4.69) is 15.6 Å². The summed E-state index contributed by atoms with van der Waals surface area (Å²) in [5.41, 5.74) is -2.33. The van der Waals surface area contributed by atoms with Crippen LogP contribution in [0.15, 0.2) is 58.5 Å². The van der Waals surface area contributed by atoms with Crippen molar-refractivity contribution in [2.75, 3.05) is 6.54 Å². The van der Waals surface area contributed by atoms with Gasteiger partial charge >= 0.3 is 18.0 Å². The van der Waals surface area contributed by atoms with Gasteiger partial charge in [0.05, 0.1) is 18.0 Å². The Morgan fingerprint density at radius 1 is 1.05 bits per heavy atom. The van der Waals surface area contributed by atoms with Gasteiger partial charge in [-0.25, -0.2) is 9.48 Å². The first-order valence-electron chi connectivity index (χ1n) is 10.5. The smallest absolute Gasteiger partial charge is 0.346 e. The van der Waals surface area contributed by atoms with Crippen LogP contribution in [0.5, 0.6) is 0 Å². The molecule has 0 fully saturated rings. The molecule has 198 valence electrons. The lowest BCUT2D eigenvalue weighted by molar-refractivity contribution is -0.139. The van der Waals surface area contributed by atoms with Crippen molar-refractivity contribution in [3.63, 3.8) is 0 Å². The Labute approximate surface area is 209 Å². The number of amides is 1. The molecule has 0 aliphatic heterocycles. The van der Waals surface area contributed by atoms with Gasteiger partial charge in [-0.3, -0.25) is 9.36 Å². The molecule has 1 atom stereocenters. The van der Waals surface area contributed by atoms with Crippen molar-refractivity contribution in [3.05, 3.63) is 80.1 Å². The summed E-state index contributed by atoms with van der Waals surface area (Å²) in [6.07, 6.45) is -10.7. The average molecular weight is 550 g/mol. The second kappa shape index (κ2) is 11.2. The van der Waals surface area contributed by atoms with Gasteiger partial charge < -0.3 is 5.32 Å². The number of benzene rings is 2. The molecular weight excluding hydrogens is 532 g/mol. The van der Waals surface area contributed by atoms with Gasteiger partial charge in [0.25, 0.3) is 0 Å². The van der Waals surface area contributed by atoms with E-state index in [9.17, 15) is 40.8 Å². The number of hydrogen-bond acceptors (Lipinski definition) is 5. The molecule has 0 saturated heterocycles. The van der Waals surface area contributed by atoms with Gasteiger partial charge in [-0.1, -0.05) is 35.0 Å². The van der Waals surface area contributed by atoms with E-state index in [1.807, 2.05) is 0 Å². The minimum absolute atomic E-state index is 0.174. The first-order valence-corrected chi connectivity index (χ1v) is 10.9. The summed E-state index contributed by atoms with van der Waals surface area (Å²) in [5.74, 6) is -1.19. The van der Waals surface area contributed by atoms with Crippen LogP contribution in [0.2, 0.25) is 5.02 Å². The minimum Gasteiger partial charge on any atom is -0.346 e. The summed E-state index contributed by atoms with van der Waals surface area (Å²) in [6.45, 7) is -2.38. The normalized spacial score (nSPS) is 12.8. The molecule has 0 aliphatic rings. The maximum atomic E-state index is 13.4. The molecule has 3 aromatic rings. The Balaban J connectivity index is 1.92. The summed E-state index contributed by atoms with van der Waals surface area (Å²) in [7, 11) is 0. The Bertz CT molecular complexity index is 1320. The van der Waals surface area contributed by atoms with E-state index < -0.39 is 67.2 Å². The number of aromatic nitrogens is 3. The van der Waals surface area contributed by atoms with E-state index in [0.717, 1.165) is 22.8 Å². The van der Waals surface area contributed by atoms with Crippen molar-refractivity contribution in [3.8, 4) is 11.4 Å². The Hall–Kier alpha value is -3.68. The number of nitroso groups, excluding NO2 is 1. The molecule has 0 aliphatic carbocycles. The predicted octanol–water partition coefficient (Wildman–Crippen LogP) is 4.96. The van der Waals surface area contributed by atoms with Gasteiger partial charge in [0.2, 0.25) is 5.91 Å². The van der Waals surface area contributed by atoms with E-state index in [-0.39, 0.29) is 11.4 Å². The van der Waals surface area contributed by atoms with Crippen LogP contribution < -0.4 is 11.0 Å². The molecule has 0 saturated carbocycles. The second-order valence-electron chi connectivity index (χ2n) is 7.80. The first kappa shape index (κ1) is 27.9. The zero-order valence-corrected chi connectivity index (χ0v) is 19.4. The number of halogens is 7. The second-order valence-corrected chi connectivity index (χ2v) is 8.24. The zero-order chi connectivity index (χ0) is 27.4. The fourth-order valence-corrected chi connectivity index (χ4v) is 3.65. The maximum Gasteiger partial charge on any atom is 0.416 e. The number of hydrogen-bond donors (Lipinski definition) is 1. The highest BCUT2D eigenvalue weighted by molar-refractivity contribution is 6.30. The SMILES string of the molecule is O=NCC(NC(=O)Cn1nc(-c2ccc(Cl)cc2)n(CCC(F)(F)F)c1=O)c1ccccc1C(F)(F)F. The van der Waals surface area contributed by atoms with Crippen LogP contribution in [0.4, 0.5) is 26.3 Å². The molecule has 3 rings (SSSR count). The molecule has 37 heavy (non-hydrogen) atoms. The topological polar surface area (TPSA) is 98.3 Å². The molecule has 0 spiro atoms. The molecule has 0 bridgehead atoms. The van der Waals surface area contributed by atoms with Gasteiger partial charge in [-0.2, -0.15) is 31.2 Å². The van der Waals surface area contributed by atoms with Gasteiger partial charge in [0, 0.05) is 17.1 Å². The molecule has 2 aromatic carbocycles. The molecule has 0 radical (unpaired) electrons. The molecule has 8 nitrogen and oxygen atoms in total. The largest absolute Gasteiger partial charge is 0.416 e. The highest BCUT2D eigenvalue weighted by atomic mass is 35.5. The van der Waals surface area contributed by atoms with E-state index >= 15 is 0 Å². The van der Waals surface area contributed by atoms with Crippen LogP contribution in [0.3, 0.4) is 0 Å². The van der Waals surface area contributed by atoms with Crippen LogP contribution in [0, 0.1) is 4.91 Å². The number of carbonyl (C=O) groups excluding carboxylic acids is 1. The average Bonchev–Trinajstić information content (AvgIpc) is 3.11.